The van der Waals surface area contributed by atoms with Crippen molar-refractivity contribution >= 4 is 23.4 Å². The number of nitrogens with zero attached hydrogens (tertiary/aromatic N) is 3. The van der Waals surface area contributed by atoms with Crippen molar-refractivity contribution in [1.29, 1.82) is 0 Å². The van der Waals surface area contributed by atoms with Crippen molar-refractivity contribution in [1.82, 2.24) is 19.9 Å². The minimum absolute atomic E-state index is 0.0443. The number of carbonyl (C=O) groups excluding carboxylic acids is 3. The van der Waals surface area contributed by atoms with E-state index < -0.39 is 11.9 Å². The van der Waals surface area contributed by atoms with Crippen molar-refractivity contribution in [2.45, 2.75) is 59.1 Å². The lowest BCUT2D eigenvalue weighted by atomic mass is 10.0. The second-order valence-corrected chi connectivity index (χ2v) is 8.19. The molecule has 1 unspecified atom stereocenters. The Bertz CT molecular complexity index is 1170. The number of rotatable bonds is 9. The van der Waals surface area contributed by atoms with Crippen LogP contribution in [0.2, 0.25) is 0 Å². The number of ether oxygens (including phenoxy) is 1. The monoisotopic (exact) mass is 451 g/mol. The predicted molar refractivity (Wildman–Crippen MR) is 122 cm³/mol. The van der Waals surface area contributed by atoms with Gasteiger partial charge in [-0.1, -0.05) is 30.3 Å². The van der Waals surface area contributed by atoms with Gasteiger partial charge in [-0.2, -0.15) is 5.10 Å². The highest BCUT2D eigenvalue weighted by Gasteiger charge is 2.21. The van der Waals surface area contributed by atoms with Gasteiger partial charge in [-0.3, -0.25) is 14.4 Å². The fourth-order valence-corrected chi connectivity index (χ4v) is 3.77. The molecule has 0 bridgehead atoms. The summed E-state index contributed by atoms with van der Waals surface area (Å²) < 4.78 is 6.83. The van der Waals surface area contributed by atoms with Crippen LogP contribution in [0.25, 0.3) is 5.65 Å². The van der Waals surface area contributed by atoms with E-state index >= 15 is 0 Å². The third-order valence-corrected chi connectivity index (χ3v) is 5.35. The molecular formula is C24H29N5O4. The summed E-state index contributed by atoms with van der Waals surface area (Å²) in [7, 11) is 0. The number of aryl methyl sites for hydroxylation is 2. The Morgan fingerprint density at radius 1 is 1.15 bits per heavy atom. The first-order valence-corrected chi connectivity index (χ1v) is 10.8. The number of primary amides is 1. The average molecular weight is 452 g/mol. The van der Waals surface area contributed by atoms with Crippen LogP contribution in [0.5, 0.6) is 0 Å². The summed E-state index contributed by atoms with van der Waals surface area (Å²) >= 11 is 0. The van der Waals surface area contributed by atoms with Crippen LogP contribution in [0.4, 0.5) is 0 Å². The van der Waals surface area contributed by atoms with E-state index in [9.17, 15) is 14.4 Å². The third kappa shape index (κ3) is 5.74. The fourth-order valence-electron chi connectivity index (χ4n) is 3.77. The fraction of sp³-hybridized carbons (Fsp3) is 0.375. The van der Waals surface area contributed by atoms with Crippen LogP contribution in [-0.2, 0) is 20.7 Å². The van der Waals surface area contributed by atoms with Gasteiger partial charge in [0.25, 0.3) is 5.91 Å². The molecule has 1 aromatic carbocycles. The summed E-state index contributed by atoms with van der Waals surface area (Å²) in [5.41, 5.74) is 9.25. The van der Waals surface area contributed by atoms with E-state index in [4.69, 9.17) is 10.5 Å². The minimum Gasteiger partial charge on any atom is -0.463 e. The first-order chi connectivity index (χ1) is 15.7. The maximum absolute atomic E-state index is 12.8. The molecule has 2 heterocycles. The Hall–Kier alpha value is -3.75. The number of benzene rings is 1. The predicted octanol–water partition coefficient (Wildman–Crippen LogP) is 2.58. The van der Waals surface area contributed by atoms with Crippen molar-refractivity contribution in [2.75, 3.05) is 0 Å². The molecule has 0 saturated carbocycles. The topological polar surface area (TPSA) is 129 Å². The molecule has 9 nitrogen and oxygen atoms in total. The normalized spacial score (nSPS) is 12.0. The van der Waals surface area contributed by atoms with E-state index in [1.165, 1.54) is 6.20 Å². The number of hydrogen-bond acceptors (Lipinski definition) is 6. The molecule has 33 heavy (non-hydrogen) atoms. The minimum atomic E-state index is -0.591. The number of amides is 2. The summed E-state index contributed by atoms with van der Waals surface area (Å²) in [5.74, 6) is -1.16. The zero-order valence-electron chi connectivity index (χ0n) is 19.3. The molecule has 3 N–H and O–H groups in total. The van der Waals surface area contributed by atoms with Gasteiger partial charge in [0.2, 0.25) is 5.91 Å². The largest absolute Gasteiger partial charge is 0.463 e. The van der Waals surface area contributed by atoms with Crippen molar-refractivity contribution in [2.24, 2.45) is 5.73 Å². The smallest absolute Gasteiger partial charge is 0.308 e. The summed E-state index contributed by atoms with van der Waals surface area (Å²) in [6.45, 7) is 7.26. The van der Waals surface area contributed by atoms with Crippen molar-refractivity contribution in [3.8, 4) is 0 Å². The number of esters is 1. The molecule has 0 aliphatic carbocycles. The summed E-state index contributed by atoms with van der Waals surface area (Å²) in [5, 5.41) is 7.17. The summed E-state index contributed by atoms with van der Waals surface area (Å²) in [6, 6.07) is 8.85. The Balaban J connectivity index is 1.74. The molecule has 3 aromatic rings. The van der Waals surface area contributed by atoms with Crippen LogP contribution in [0, 0.1) is 13.8 Å². The van der Waals surface area contributed by atoms with Gasteiger partial charge in [-0.15, -0.1) is 0 Å². The Labute approximate surface area is 192 Å². The second kappa shape index (κ2) is 10.2. The van der Waals surface area contributed by atoms with Gasteiger partial charge in [0, 0.05) is 17.8 Å². The average Bonchev–Trinajstić information content (AvgIpc) is 3.17. The number of hydrogen-bond donors (Lipinski definition) is 2. The van der Waals surface area contributed by atoms with Gasteiger partial charge in [-0.25, -0.2) is 9.50 Å². The maximum Gasteiger partial charge on any atom is 0.308 e. The Morgan fingerprint density at radius 2 is 1.85 bits per heavy atom. The first-order valence-electron chi connectivity index (χ1n) is 10.8. The zero-order chi connectivity index (χ0) is 24.1. The highest BCUT2D eigenvalue weighted by Crippen LogP contribution is 2.20. The van der Waals surface area contributed by atoms with Crippen molar-refractivity contribution in [3.63, 3.8) is 0 Å². The summed E-state index contributed by atoms with van der Waals surface area (Å²) in [4.78, 5) is 41.1. The quantitative estimate of drug-likeness (QED) is 0.481. The lowest BCUT2D eigenvalue weighted by Crippen LogP contribution is -2.31. The van der Waals surface area contributed by atoms with E-state index in [0.717, 1.165) is 16.8 Å². The number of nitrogens with one attached hydrogen (secondary N) is 1. The number of carbonyl (C=O) groups is 3. The zero-order valence-corrected chi connectivity index (χ0v) is 19.3. The maximum atomic E-state index is 12.8. The lowest BCUT2D eigenvalue weighted by molar-refractivity contribution is -0.148. The van der Waals surface area contributed by atoms with Crippen LogP contribution in [0.15, 0.2) is 36.5 Å². The molecule has 0 spiro atoms. The SMILES string of the molecule is Cc1nc2c(C(N)=O)cnn2c(C)c1CCC(=O)NC(CC(=O)OC(C)C)c1ccccc1. The van der Waals surface area contributed by atoms with Crippen LogP contribution < -0.4 is 11.1 Å². The molecule has 174 valence electrons. The van der Waals surface area contributed by atoms with Crippen LogP contribution in [-0.4, -0.2) is 38.5 Å². The van der Waals surface area contributed by atoms with Gasteiger partial charge < -0.3 is 15.8 Å². The van der Waals surface area contributed by atoms with Crippen LogP contribution in [0.3, 0.4) is 0 Å². The Morgan fingerprint density at radius 3 is 2.48 bits per heavy atom. The number of nitrogens with two attached hydrogens (primary N) is 1. The molecule has 2 aromatic heterocycles. The Kier molecular flexibility index (Phi) is 7.42. The van der Waals surface area contributed by atoms with Gasteiger partial charge >= 0.3 is 5.97 Å². The molecule has 3 rings (SSSR count). The molecule has 1 atom stereocenters. The highest BCUT2D eigenvalue weighted by molar-refractivity contribution is 5.98. The van der Waals surface area contributed by atoms with Crippen molar-refractivity contribution < 1.29 is 19.1 Å². The van der Waals surface area contributed by atoms with E-state index in [0.29, 0.717) is 17.8 Å². The van der Waals surface area contributed by atoms with Crippen LogP contribution in [0.1, 0.15) is 65.6 Å². The molecule has 0 radical (unpaired) electrons. The third-order valence-electron chi connectivity index (χ3n) is 5.35. The van der Waals surface area contributed by atoms with E-state index in [-0.39, 0.29) is 36.4 Å². The molecular weight excluding hydrogens is 422 g/mol. The summed E-state index contributed by atoms with van der Waals surface area (Å²) in [6.07, 6.45) is 1.84. The van der Waals surface area contributed by atoms with Gasteiger partial charge in [0.15, 0.2) is 5.65 Å². The molecule has 0 aliphatic rings. The molecule has 0 aliphatic heterocycles. The number of fused-ring (bicyclic) bond motifs is 1. The van der Waals surface area contributed by atoms with E-state index in [1.807, 2.05) is 44.2 Å². The number of aromatic nitrogens is 3. The first kappa shape index (κ1) is 23.9. The molecule has 0 fully saturated rings. The van der Waals surface area contributed by atoms with Gasteiger partial charge in [-0.05, 0) is 45.2 Å². The molecule has 0 saturated heterocycles. The van der Waals surface area contributed by atoms with E-state index in [1.54, 1.807) is 18.4 Å². The van der Waals surface area contributed by atoms with E-state index in [2.05, 4.69) is 15.4 Å². The standard InChI is InChI=1S/C24H29N5O4/c1-14(2)33-22(31)12-20(17-8-6-5-7-9-17)28-21(30)11-10-18-15(3)27-24-19(23(25)32)13-26-29(24)16(18)4/h5-9,13-14,20H,10-12H2,1-4H3,(H2,25,32)(H,28,30). The van der Waals surface area contributed by atoms with Gasteiger partial charge in [0.1, 0.15) is 5.56 Å². The second-order valence-electron chi connectivity index (χ2n) is 8.19. The lowest BCUT2D eigenvalue weighted by Gasteiger charge is -2.20. The van der Waals surface area contributed by atoms with Crippen LogP contribution >= 0.6 is 0 Å². The molecule has 2 amide bonds. The highest BCUT2D eigenvalue weighted by atomic mass is 16.5. The van der Waals surface area contributed by atoms with Crippen molar-refractivity contribution in [3.05, 3.63) is 64.6 Å². The molecule has 9 heteroatoms. The van der Waals surface area contributed by atoms with Gasteiger partial charge in [0.05, 0.1) is 24.8 Å².